The first-order valence-corrected chi connectivity index (χ1v) is 9.60. The monoisotopic (exact) mass is 397 g/mol. The van der Waals surface area contributed by atoms with Crippen LogP contribution < -0.4 is 9.64 Å². The molecule has 0 aliphatic carbocycles. The highest BCUT2D eigenvalue weighted by Crippen LogP contribution is 2.23. The van der Waals surface area contributed by atoms with Crippen LogP contribution in [0.2, 0.25) is 5.02 Å². The summed E-state index contributed by atoms with van der Waals surface area (Å²) >= 11 is 5.98. The van der Waals surface area contributed by atoms with E-state index in [-0.39, 0.29) is 12.0 Å². The van der Waals surface area contributed by atoms with E-state index in [2.05, 4.69) is 4.98 Å². The number of benzene rings is 2. The number of aryl methyl sites for hydroxylation is 1. The number of amides is 1. The van der Waals surface area contributed by atoms with Crippen molar-refractivity contribution < 1.29 is 9.53 Å². The van der Waals surface area contributed by atoms with Crippen molar-refractivity contribution in [1.29, 1.82) is 0 Å². The summed E-state index contributed by atoms with van der Waals surface area (Å²) in [6.07, 6.45) is 7.16. The van der Waals surface area contributed by atoms with Crippen molar-refractivity contribution in [2.45, 2.75) is 32.4 Å². The number of carbonyl (C=O) groups is 1. The molecule has 0 N–H and O–H groups in total. The van der Waals surface area contributed by atoms with E-state index >= 15 is 0 Å². The highest BCUT2D eigenvalue weighted by Gasteiger charge is 2.14. The molecule has 1 atom stereocenters. The Morgan fingerprint density at radius 2 is 2.04 bits per heavy atom. The molecule has 1 unspecified atom stereocenters. The molecule has 6 heteroatoms. The summed E-state index contributed by atoms with van der Waals surface area (Å²) in [6, 6.07) is 15.5. The molecule has 28 heavy (non-hydrogen) atoms. The quantitative estimate of drug-likeness (QED) is 0.558. The Hall–Kier alpha value is -2.79. The van der Waals surface area contributed by atoms with Gasteiger partial charge in [-0.2, -0.15) is 0 Å². The molecule has 1 heterocycles. The second kappa shape index (κ2) is 9.42. The second-order valence-corrected chi connectivity index (χ2v) is 7.18. The van der Waals surface area contributed by atoms with Crippen LogP contribution in [-0.2, 0) is 17.8 Å². The van der Waals surface area contributed by atoms with E-state index in [0.717, 1.165) is 29.3 Å². The first kappa shape index (κ1) is 20.0. The minimum Gasteiger partial charge on any atom is -0.488 e. The van der Waals surface area contributed by atoms with Gasteiger partial charge in [0.05, 0.1) is 12.9 Å². The fourth-order valence-electron chi connectivity index (χ4n) is 2.94. The molecule has 5 nitrogen and oxygen atoms in total. The molecular weight excluding hydrogens is 374 g/mol. The van der Waals surface area contributed by atoms with E-state index in [0.29, 0.717) is 6.54 Å². The Bertz CT molecular complexity index is 894. The van der Waals surface area contributed by atoms with E-state index < -0.39 is 0 Å². The Balaban J connectivity index is 1.72. The van der Waals surface area contributed by atoms with Crippen molar-refractivity contribution in [3.63, 3.8) is 0 Å². The molecular formula is C22H24ClN3O2. The summed E-state index contributed by atoms with van der Waals surface area (Å²) < 4.78 is 8.30. The number of ether oxygens (including phenoxy) is 1. The largest absolute Gasteiger partial charge is 0.488 e. The van der Waals surface area contributed by atoms with Crippen LogP contribution in [-0.4, -0.2) is 28.6 Å². The molecule has 0 aliphatic heterocycles. The lowest BCUT2D eigenvalue weighted by Gasteiger charge is -2.21. The van der Waals surface area contributed by atoms with Gasteiger partial charge in [-0.3, -0.25) is 4.79 Å². The van der Waals surface area contributed by atoms with Gasteiger partial charge >= 0.3 is 0 Å². The molecule has 0 bridgehead atoms. The molecule has 0 aliphatic rings. The summed E-state index contributed by atoms with van der Waals surface area (Å²) in [4.78, 5) is 17.4. The minimum absolute atomic E-state index is 0.0187. The lowest BCUT2D eigenvalue weighted by atomic mass is 10.1. The molecule has 2 aromatic carbocycles. The number of nitrogens with zero attached hydrogens (tertiary/aromatic N) is 3. The number of imidazole rings is 1. The van der Waals surface area contributed by atoms with Crippen LogP contribution in [0.3, 0.4) is 0 Å². The summed E-state index contributed by atoms with van der Waals surface area (Å²) in [6.45, 7) is 2.24. The summed E-state index contributed by atoms with van der Waals surface area (Å²) in [5.41, 5.74) is 2.03. The number of halogens is 1. The van der Waals surface area contributed by atoms with Crippen molar-refractivity contribution in [3.8, 4) is 5.75 Å². The van der Waals surface area contributed by atoms with Crippen LogP contribution in [0.5, 0.6) is 5.75 Å². The maximum atomic E-state index is 11.6. The lowest BCUT2D eigenvalue weighted by Crippen LogP contribution is -2.25. The minimum atomic E-state index is -0.0391. The standard InChI is InChI=1S/C22H24ClN3O2/c1-17(27)25(2)20-4-3-5-21(14-20)28-22(15-26-13-12-24-16-26)11-8-18-6-9-19(23)10-7-18/h3-7,9-10,12-14,16,22H,8,11,15H2,1-2H3. The van der Waals surface area contributed by atoms with Gasteiger partial charge in [-0.05, 0) is 42.7 Å². The van der Waals surface area contributed by atoms with Gasteiger partial charge < -0.3 is 14.2 Å². The molecule has 0 radical (unpaired) electrons. The number of rotatable bonds is 8. The number of hydrogen-bond donors (Lipinski definition) is 0. The third kappa shape index (κ3) is 5.60. The van der Waals surface area contributed by atoms with Crippen LogP contribution in [0.15, 0.2) is 67.3 Å². The molecule has 3 aromatic rings. The zero-order chi connectivity index (χ0) is 19.9. The third-order valence-electron chi connectivity index (χ3n) is 4.62. The van der Waals surface area contributed by atoms with E-state index in [9.17, 15) is 4.79 Å². The summed E-state index contributed by atoms with van der Waals surface area (Å²) in [5.74, 6) is 0.724. The normalized spacial score (nSPS) is 11.8. The first-order chi connectivity index (χ1) is 13.5. The van der Waals surface area contributed by atoms with Crippen LogP contribution in [0.4, 0.5) is 5.69 Å². The number of carbonyl (C=O) groups excluding carboxylic acids is 1. The van der Waals surface area contributed by atoms with Gasteiger partial charge in [-0.25, -0.2) is 4.98 Å². The van der Waals surface area contributed by atoms with Crippen LogP contribution in [0.1, 0.15) is 18.9 Å². The third-order valence-corrected chi connectivity index (χ3v) is 4.87. The average molecular weight is 398 g/mol. The van der Waals surface area contributed by atoms with Gasteiger partial charge in [0.1, 0.15) is 11.9 Å². The fourth-order valence-corrected chi connectivity index (χ4v) is 3.06. The van der Waals surface area contributed by atoms with Crippen LogP contribution in [0.25, 0.3) is 0 Å². The summed E-state index contributed by atoms with van der Waals surface area (Å²) in [5, 5.41) is 0.737. The molecule has 0 spiro atoms. The van der Waals surface area contributed by atoms with Gasteiger partial charge in [0, 0.05) is 43.1 Å². The predicted molar refractivity (Wildman–Crippen MR) is 112 cm³/mol. The van der Waals surface area contributed by atoms with E-state index in [1.54, 1.807) is 31.4 Å². The molecule has 0 saturated heterocycles. The molecule has 0 fully saturated rings. The second-order valence-electron chi connectivity index (χ2n) is 6.74. The SMILES string of the molecule is CC(=O)N(C)c1cccc(OC(CCc2ccc(Cl)cc2)Cn2ccnc2)c1. The maximum Gasteiger partial charge on any atom is 0.223 e. The predicted octanol–water partition coefficient (Wildman–Crippen LogP) is 4.60. The van der Waals surface area contributed by atoms with E-state index in [4.69, 9.17) is 16.3 Å². The maximum absolute atomic E-state index is 11.6. The van der Waals surface area contributed by atoms with Crippen molar-refractivity contribution >= 4 is 23.2 Å². The van der Waals surface area contributed by atoms with E-state index in [1.165, 1.54) is 5.56 Å². The molecule has 146 valence electrons. The van der Waals surface area contributed by atoms with Gasteiger partial charge in [0.2, 0.25) is 5.91 Å². The van der Waals surface area contributed by atoms with Crippen LogP contribution in [0, 0.1) is 0 Å². The van der Waals surface area contributed by atoms with Crippen LogP contribution >= 0.6 is 11.6 Å². The number of aromatic nitrogens is 2. The smallest absolute Gasteiger partial charge is 0.223 e. The van der Waals surface area contributed by atoms with Gasteiger partial charge in [-0.1, -0.05) is 29.8 Å². The topological polar surface area (TPSA) is 47.4 Å². The highest BCUT2D eigenvalue weighted by atomic mass is 35.5. The Morgan fingerprint density at radius 3 is 2.71 bits per heavy atom. The fraction of sp³-hybridized carbons (Fsp3) is 0.273. The zero-order valence-corrected chi connectivity index (χ0v) is 16.8. The van der Waals surface area contributed by atoms with Crippen molar-refractivity contribution in [3.05, 3.63) is 77.8 Å². The Kier molecular flexibility index (Phi) is 6.71. The number of hydrogen-bond acceptors (Lipinski definition) is 3. The van der Waals surface area contributed by atoms with Crippen molar-refractivity contribution in [2.24, 2.45) is 0 Å². The Labute approximate surface area is 170 Å². The zero-order valence-electron chi connectivity index (χ0n) is 16.1. The molecule has 3 rings (SSSR count). The molecule has 1 aromatic heterocycles. The average Bonchev–Trinajstić information content (AvgIpc) is 3.20. The van der Waals surface area contributed by atoms with Gasteiger partial charge in [0.15, 0.2) is 0 Å². The van der Waals surface area contributed by atoms with E-state index in [1.807, 2.05) is 59.3 Å². The lowest BCUT2D eigenvalue weighted by molar-refractivity contribution is -0.116. The van der Waals surface area contributed by atoms with Gasteiger partial charge in [0.25, 0.3) is 0 Å². The summed E-state index contributed by atoms with van der Waals surface area (Å²) in [7, 11) is 1.75. The van der Waals surface area contributed by atoms with Crippen molar-refractivity contribution in [2.75, 3.05) is 11.9 Å². The van der Waals surface area contributed by atoms with Gasteiger partial charge in [-0.15, -0.1) is 0 Å². The van der Waals surface area contributed by atoms with Crippen molar-refractivity contribution in [1.82, 2.24) is 9.55 Å². The highest BCUT2D eigenvalue weighted by molar-refractivity contribution is 6.30. The number of anilines is 1. The molecule has 0 saturated carbocycles. The molecule has 1 amide bonds. The Morgan fingerprint density at radius 1 is 1.25 bits per heavy atom. The first-order valence-electron chi connectivity index (χ1n) is 9.22.